The minimum atomic E-state index is 0. The number of hydrogen-bond donors (Lipinski definition) is 2. The number of imidazole rings is 1. The third kappa shape index (κ3) is 8.60. The molecule has 1 aromatic rings. The lowest BCUT2D eigenvalue weighted by Gasteiger charge is -2.13. The summed E-state index contributed by atoms with van der Waals surface area (Å²) < 4.78 is 2.19. The van der Waals surface area contributed by atoms with Gasteiger partial charge in [0.05, 0.1) is 0 Å². The van der Waals surface area contributed by atoms with Gasteiger partial charge in [-0.05, 0) is 25.2 Å². The fourth-order valence-corrected chi connectivity index (χ4v) is 2.02. The summed E-state index contributed by atoms with van der Waals surface area (Å²) in [6, 6.07) is 0. The molecule has 1 heterocycles. The molecule has 0 aliphatic carbocycles. The quantitative estimate of drug-likeness (QED) is 0.385. The van der Waals surface area contributed by atoms with Gasteiger partial charge in [-0.3, -0.25) is 0 Å². The molecule has 0 atom stereocenters. The van der Waals surface area contributed by atoms with Crippen molar-refractivity contribution in [3.8, 4) is 0 Å². The molecule has 0 saturated carbocycles. The van der Waals surface area contributed by atoms with Crippen LogP contribution in [0.4, 0.5) is 0 Å². The molecule has 0 fully saturated rings. The summed E-state index contributed by atoms with van der Waals surface area (Å²) in [5.74, 6) is 3.20. The number of aromatic nitrogens is 2. The summed E-state index contributed by atoms with van der Waals surface area (Å²) in [5.41, 5.74) is 0. The maximum atomic E-state index is 4.63. The molecule has 1 rings (SSSR count). The van der Waals surface area contributed by atoms with Crippen LogP contribution in [-0.2, 0) is 13.1 Å². The van der Waals surface area contributed by atoms with Crippen molar-refractivity contribution in [2.45, 2.75) is 54.1 Å². The summed E-state index contributed by atoms with van der Waals surface area (Å²) in [6.07, 6.45) is 5.03. The van der Waals surface area contributed by atoms with Crippen molar-refractivity contribution in [1.29, 1.82) is 0 Å². The number of guanidine groups is 1. The van der Waals surface area contributed by atoms with E-state index < -0.39 is 0 Å². The molecule has 2 N–H and O–H groups in total. The molecule has 5 nitrogen and oxygen atoms in total. The molecule has 6 heteroatoms. The van der Waals surface area contributed by atoms with Crippen LogP contribution in [-0.4, -0.2) is 28.6 Å². The van der Waals surface area contributed by atoms with Gasteiger partial charge in [-0.2, -0.15) is 0 Å². The van der Waals surface area contributed by atoms with Crippen LogP contribution in [0.2, 0.25) is 0 Å². The second kappa shape index (κ2) is 11.7. The highest BCUT2D eigenvalue weighted by atomic mass is 127. The lowest BCUT2D eigenvalue weighted by atomic mass is 10.1. The zero-order valence-corrected chi connectivity index (χ0v) is 16.9. The molecule has 0 amide bonds. The van der Waals surface area contributed by atoms with Crippen LogP contribution in [0.1, 0.15) is 46.9 Å². The van der Waals surface area contributed by atoms with Gasteiger partial charge < -0.3 is 15.2 Å². The number of halogens is 1. The van der Waals surface area contributed by atoms with E-state index in [0.29, 0.717) is 18.4 Å². The Kier molecular flexibility index (Phi) is 11.3. The number of rotatable bonds is 8. The summed E-state index contributed by atoms with van der Waals surface area (Å²) in [5, 5.41) is 6.66. The van der Waals surface area contributed by atoms with Crippen molar-refractivity contribution < 1.29 is 0 Å². The molecule has 0 aliphatic heterocycles. The van der Waals surface area contributed by atoms with E-state index in [1.807, 2.05) is 12.4 Å². The number of hydrogen-bond acceptors (Lipinski definition) is 2. The zero-order valence-electron chi connectivity index (χ0n) is 14.6. The minimum Gasteiger partial charge on any atom is -0.357 e. The first-order chi connectivity index (χ1) is 10.0. The van der Waals surface area contributed by atoms with Crippen LogP contribution in [0.3, 0.4) is 0 Å². The van der Waals surface area contributed by atoms with Crippen molar-refractivity contribution in [2.75, 3.05) is 13.1 Å². The van der Waals surface area contributed by atoms with Crippen LogP contribution in [0, 0.1) is 11.8 Å². The average Bonchev–Trinajstić information content (AvgIpc) is 2.82. The first-order valence-corrected chi connectivity index (χ1v) is 8.05. The summed E-state index contributed by atoms with van der Waals surface area (Å²) in [6.45, 7) is 14.4. The molecule has 0 unspecified atom stereocenters. The monoisotopic (exact) mass is 421 g/mol. The second-order valence-corrected chi connectivity index (χ2v) is 6.19. The van der Waals surface area contributed by atoms with Crippen LogP contribution in [0.5, 0.6) is 0 Å². The van der Waals surface area contributed by atoms with E-state index in [-0.39, 0.29) is 24.0 Å². The lowest BCUT2D eigenvalue weighted by molar-refractivity contribution is 0.507. The Hall–Kier alpha value is -0.790. The zero-order chi connectivity index (χ0) is 15.7. The van der Waals surface area contributed by atoms with Crippen molar-refractivity contribution in [2.24, 2.45) is 16.8 Å². The molecule has 0 aliphatic rings. The topological polar surface area (TPSA) is 54.2 Å². The van der Waals surface area contributed by atoms with E-state index in [9.17, 15) is 0 Å². The smallest absolute Gasteiger partial charge is 0.191 e. The first-order valence-electron chi connectivity index (χ1n) is 8.05. The normalized spacial score (nSPS) is 11.7. The van der Waals surface area contributed by atoms with Crippen molar-refractivity contribution in [3.05, 3.63) is 18.2 Å². The van der Waals surface area contributed by atoms with Gasteiger partial charge in [-0.15, -0.1) is 24.0 Å². The molecule has 0 radical (unpaired) electrons. The summed E-state index contributed by atoms with van der Waals surface area (Å²) >= 11 is 0. The Morgan fingerprint density at radius 3 is 2.55 bits per heavy atom. The fourth-order valence-electron chi connectivity index (χ4n) is 2.02. The van der Waals surface area contributed by atoms with Crippen LogP contribution in [0.15, 0.2) is 17.4 Å². The summed E-state index contributed by atoms with van der Waals surface area (Å²) in [7, 11) is 0. The Morgan fingerprint density at radius 2 is 1.95 bits per heavy atom. The highest BCUT2D eigenvalue weighted by Crippen LogP contribution is 2.05. The molecule has 0 bridgehead atoms. The van der Waals surface area contributed by atoms with Gasteiger partial charge in [0.1, 0.15) is 12.4 Å². The molecular weight excluding hydrogens is 389 g/mol. The maximum Gasteiger partial charge on any atom is 0.191 e. The van der Waals surface area contributed by atoms with Crippen LogP contribution in [0.25, 0.3) is 0 Å². The molecule has 0 spiro atoms. The van der Waals surface area contributed by atoms with Gasteiger partial charge in [0.25, 0.3) is 0 Å². The Balaban J connectivity index is 0.00000441. The molecule has 0 aromatic carbocycles. The highest BCUT2D eigenvalue weighted by molar-refractivity contribution is 14.0. The Labute approximate surface area is 152 Å². The number of nitrogens with zero attached hydrogens (tertiary/aromatic N) is 3. The fraction of sp³-hybridized carbons (Fsp3) is 0.750. The molecular formula is C16H32IN5. The van der Waals surface area contributed by atoms with Gasteiger partial charge in [0.15, 0.2) is 5.96 Å². The number of nitrogens with one attached hydrogen (secondary N) is 2. The van der Waals surface area contributed by atoms with Crippen molar-refractivity contribution >= 4 is 29.9 Å². The SMILES string of the molecule is CCNC(=NCc1nccn1CC(C)C)NCCC(C)C.I. The van der Waals surface area contributed by atoms with Gasteiger partial charge >= 0.3 is 0 Å². The molecule has 22 heavy (non-hydrogen) atoms. The Morgan fingerprint density at radius 1 is 1.23 bits per heavy atom. The average molecular weight is 421 g/mol. The predicted molar refractivity (Wildman–Crippen MR) is 105 cm³/mol. The highest BCUT2D eigenvalue weighted by Gasteiger charge is 2.05. The number of aliphatic imine (C=N–C) groups is 1. The lowest BCUT2D eigenvalue weighted by Crippen LogP contribution is -2.38. The van der Waals surface area contributed by atoms with Crippen LogP contribution >= 0.6 is 24.0 Å². The molecule has 128 valence electrons. The third-order valence-electron chi connectivity index (χ3n) is 3.10. The largest absolute Gasteiger partial charge is 0.357 e. The molecule has 0 saturated heterocycles. The van der Waals surface area contributed by atoms with Gasteiger partial charge in [0.2, 0.25) is 0 Å². The van der Waals surface area contributed by atoms with Gasteiger partial charge in [0, 0.05) is 32.0 Å². The van der Waals surface area contributed by atoms with E-state index in [2.05, 4.69) is 59.8 Å². The van der Waals surface area contributed by atoms with Crippen molar-refractivity contribution in [3.63, 3.8) is 0 Å². The van der Waals surface area contributed by atoms with E-state index in [1.165, 1.54) is 0 Å². The minimum absolute atomic E-state index is 0. The Bertz CT molecular complexity index is 426. The standard InChI is InChI=1S/C16H31N5.HI/c1-6-17-16(19-8-7-13(2)3)20-11-15-18-9-10-21(15)12-14(4)5;/h9-10,13-14H,6-8,11-12H2,1-5H3,(H2,17,19,20);1H. The van der Waals surface area contributed by atoms with Crippen LogP contribution < -0.4 is 10.6 Å². The van der Waals surface area contributed by atoms with Crippen molar-refractivity contribution in [1.82, 2.24) is 20.2 Å². The van der Waals surface area contributed by atoms with E-state index >= 15 is 0 Å². The first kappa shape index (κ1) is 21.2. The predicted octanol–water partition coefficient (Wildman–Crippen LogP) is 3.26. The molecule has 1 aromatic heterocycles. The second-order valence-electron chi connectivity index (χ2n) is 6.19. The van der Waals surface area contributed by atoms with E-state index in [4.69, 9.17) is 0 Å². The summed E-state index contributed by atoms with van der Waals surface area (Å²) in [4.78, 5) is 9.04. The third-order valence-corrected chi connectivity index (χ3v) is 3.10. The van der Waals surface area contributed by atoms with Gasteiger partial charge in [-0.25, -0.2) is 9.98 Å². The van der Waals surface area contributed by atoms with Gasteiger partial charge in [-0.1, -0.05) is 27.7 Å². The van der Waals surface area contributed by atoms with E-state index in [1.54, 1.807) is 0 Å². The maximum absolute atomic E-state index is 4.63. The van der Waals surface area contributed by atoms with E-state index in [0.717, 1.165) is 37.8 Å².